The molecule has 0 spiro atoms. The minimum Gasteiger partial charge on any atom is -0.369 e. The predicted molar refractivity (Wildman–Crippen MR) is 97.3 cm³/mol. The normalized spacial score (nSPS) is 12.7. The lowest BCUT2D eigenvalue weighted by Gasteiger charge is -2.17. The fourth-order valence-electron chi connectivity index (χ4n) is 2.77. The van der Waals surface area contributed by atoms with Crippen LogP contribution in [0, 0.1) is 11.6 Å². The molecule has 0 aliphatic carbocycles. The molecule has 3 rings (SSSR count). The zero-order valence-electron chi connectivity index (χ0n) is 14.0. The SMILES string of the molecule is NC(=O)C(c1ccc(F)c(F)c1)c1ccc(-n2cc(Cl)cn2)c(S(N)(=O)=O)c1. The molecule has 0 radical (unpaired) electrons. The molecule has 11 heteroatoms. The lowest BCUT2D eigenvalue weighted by Crippen LogP contribution is -2.24. The Hall–Kier alpha value is -2.82. The molecule has 0 aliphatic rings. The molecule has 2 aromatic carbocycles. The van der Waals surface area contributed by atoms with Gasteiger partial charge in [0.1, 0.15) is 4.90 Å². The molecule has 0 bridgehead atoms. The molecule has 146 valence electrons. The predicted octanol–water partition coefficient (Wildman–Crippen LogP) is 2.07. The molecule has 0 fully saturated rings. The van der Waals surface area contributed by atoms with Gasteiger partial charge in [0.05, 0.1) is 22.8 Å². The molecular weight excluding hydrogens is 414 g/mol. The molecule has 1 unspecified atom stereocenters. The maximum absolute atomic E-state index is 13.6. The van der Waals surface area contributed by atoms with Crippen molar-refractivity contribution in [3.8, 4) is 5.69 Å². The average Bonchev–Trinajstić information content (AvgIpc) is 3.03. The Balaban J connectivity index is 2.20. The number of benzene rings is 2. The summed E-state index contributed by atoms with van der Waals surface area (Å²) < 4.78 is 52.2. The largest absolute Gasteiger partial charge is 0.369 e. The van der Waals surface area contributed by atoms with Crippen LogP contribution in [-0.2, 0) is 14.8 Å². The number of sulfonamides is 1. The molecule has 1 amide bonds. The van der Waals surface area contributed by atoms with Crippen LogP contribution in [-0.4, -0.2) is 24.1 Å². The smallest absolute Gasteiger partial charge is 0.240 e. The van der Waals surface area contributed by atoms with Gasteiger partial charge in [0.2, 0.25) is 15.9 Å². The number of aromatic nitrogens is 2. The van der Waals surface area contributed by atoms with E-state index < -0.39 is 33.5 Å². The van der Waals surface area contributed by atoms with Crippen LogP contribution in [0.15, 0.2) is 53.7 Å². The van der Waals surface area contributed by atoms with Crippen LogP contribution in [0.4, 0.5) is 8.78 Å². The minimum atomic E-state index is -4.24. The van der Waals surface area contributed by atoms with Crippen molar-refractivity contribution in [2.75, 3.05) is 0 Å². The Morgan fingerprint density at radius 2 is 1.75 bits per heavy atom. The Kier molecular flexibility index (Phi) is 5.20. The number of primary amides is 1. The van der Waals surface area contributed by atoms with Crippen molar-refractivity contribution in [2.45, 2.75) is 10.8 Å². The van der Waals surface area contributed by atoms with Gasteiger partial charge < -0.3 is 5.73 Å². The number of carbonyl (C=O) groups is 1. The summed E-state index contributed by atoms with van der Waals surface area (Å²) in [7, 11) is -4.24. The van der Waals surface area contributed by atoms with E-state index in [1.54, 1.807) is 0 Å². The number of nitrogens with zero attached hydrogens (tertiary/aromatic N) is 2. The highest BCUT2D eigenvalue weighted by molar-refractivity contribution is 7.89. The number of hydrogen-bond donors (Lipinski definition) is 2. The standard InChI is InChI=1S/C17H13ClF2N4O3S/c18-11-7-23-24(8-11)14-4-2-10(6-15(14)28(22,26)27)16(17(21)25)9-1-3-12(19)13(20)5-9/h1-8,16H,(H2,21,25)(H2,22,26,27). The molecule has 1 aromatic heterocycles. The van der Waals surface area contributed by atoms with Gasteiger partial charge >= 0.3 is 0 Å². The highest BCUT2D eigenvalue weighted by atomic mass is 35.5. The van der Waals surface area contributed by atoms with Crippen LogP contribution >= 0.6 is 11.6 Å². The van der Waals surface area contributed by atoms with Gasteiger partial charge in [0.15, 0.2) is 11.6 Å². The van der Waals surface area contributed by atoms with E-state index in [9.17, 15) is 22.0 Å². The van der Waals surface area contributed by atoms with E-state index in [-0.39, 0.29) is 26.7 Å². The maximum atomic E-state index is 13.6. The van der Waals surface area contributed by atoms with Gasteiger partial charge in [0, 0.05) is 6.20 Å². The molecule has 4 N–H and O–H groups in total. The maximum Gasteiger partial charge on any atom is 0.240 e. The van der Waals surface area contributed by atoms with E-state index in [4.69, 9.17) is 22.5 Å². The molecule has 0 aliphatic heterocycles. The molecule has 1 heterocycles. The molecule has 1 atom stereocenters. The van der Waals surface area contributed by atoms with Crippen molar-refractivity contribution in [3.63, 3.8) is 0 Å². The van der Waals surface area contributed by atoms with Gasteiger partial charge in [-0.15, -0.1) is 0 Å². The molecule has 28 heavy (non-hydrogen) atoms. The molecule has 3 aromatic rings. The average molecular weight is 427 g/mol. The van der Waals surface area contributed by atoms with Crippen molar-refractivity contribution in [3.05, 3.63) is 76.6 Å². The topological polar surface area (TPSA) is 121 Å². The number of halogens is 3. The summed E-state index contributed by atoms with van der Waals surface area (Å²) in [6.45, 7) is 0. The molecular formula is C17H13ClF2N4O3S. The van der Waals surface area contributed by atoms with E-state index in [1.165, 1.54) is 35.3 Å². The molecule has 0 saturated carbocycles. The van der Waals surface area contributed by atoms with Gasteiger partial charge in [-0.1, -0.05) is 23.7 Å². The Morgan fingerprint density at radius 1 is 1.11 bits per heavy atom. The highest BCUT2D eigenvalue weighted by Crippen LogP contribution is 2.30. The van der Waals surface area contributed by atoms with Gasteiger partial charge in [0.25, 0.3) is 0 Å². The third kappa shape index (κ3) is 3.88. The van der Waals surface area contributed by atoms with Crippen molar-refractivity contribution >= 4 is 27.5 Å². The van der Waals surface area contributed by atoms with Crippen LogP contribution in [0.3, 0.4) is 0 Å². The third-order valence-corrected chi connectivity index (χ3v) is 5.12. The van der Waals surface area contributed by atoms with Crippen molar-refractivity contribution < 1.29 is 22.0 Å². The Labute approximate surface area is 163 Å². The first kappa shape index (κ1) is 19.9. The second kappa shape index (κ2) is 7.30. The number of primary sulfonamides is 1. The van der Waals surface area contributed by atoms with E-state index in [1.807, 2.05) is 0 Å². The number of hydrogen-bond acceptors (Lipinski definition) is 4. The first-order chi connectivity index (χ1) is 13.1. The van der Waals surface area contributed by atoms with E-state index in [2.05, 4.69) is 5.10 Å². The summed E-state index contributed by atoms with van der Waals surface area (Å²) in [4.78, 5) is 11.7. The Morgan fingerprint density at radius 3 is 2.29 bits per heavy atom. The third-order valence-electron chi connectivity index (χ3n) is 3.98. The summed E-state index contributed by atoms with van der Waals surface area (Å²) in [5.74, 6) is -4.38. The van der Waals surface area contributed by atoms with Crippen LogP contribution in [0.1, 0.15) is 17.0 Å². The monoisotopic (exact) mass is 426 g/mol. The Bertz CT molecular complexity index is 1180. The molecule has 7 nitrogen and oxygen atoms in total. The minimum absolute atomic E-state index is 0.0571. The van der Waals surface area contributed by atoms with Crippen LogP contribution in [0.25, 0.3) is 5.69 Å². The van der Waals surface area contributed by atoms with Crippen LogP contribution in [0.2, 0.25) is 5.02 Å². The quantitative estimate of drug-likeness (QED) is 0.648. The number of nitrogens with two attached hydrogens (primary N) is 2. The van der Waals surface area contributed by atoms with Gasteiger partial charge in [-0.3, -0.25) is 4.79 Å². The van der Waals surface area contributed by atoms with Crippen LogP contribution < -0.4 is 10.9 Å². The lowest BCUT2D eigenvalue weighted by molar-refractivity contribution is -0.118. The summed E-state index contributed by atoms with van der Waals surface area (Å²) in [5, 5.41) is 9.50. The summed E-state index contributed by atoms with van der Waals surface area (Å²) >= 11 is 5.82. The number of rotatable bonds is 5. The van der Waals surface area contributed by atoms with Crippen molar-refractivity contribution in [2.24, 2.45) is 10.9 Å². The van der Waals surface area contributed by atoms with Crippen molar-refractivity contribution in [1.82, 2.24) is 9.78 Å². The zero-order valence-corrected chi connectivity index (χ0v) is 15.6. The van der Waals surface area contributed by atoms with Gasteiger partial charge in [-0.2, -0.15) is 5.10 Å². The summed E-state index contributed by atoms with van der Waals surface area (Å²) in [6, 6.07) is 6.76. The fourth-order valence-corrected chi connectivity index (χ4v) is 3.66. The summed E-state index contributed by atoms with van der Waals surface area (Å²) in [6.07, 6.45) is 2.67. The molecule has 0 saturated heterocycles. The number of carbonyl (C=O) groups excluding carboxylic acids is 1. The fraction of sp³-hybridized carbons (Fsp3) is 0.0588. The van der Waals surface area contributed by atoms with Gasteiger partial charge in [-0.05, 0) is 35.4 Å². The first-order valence-corrected chi connectivity index (χ1v) is 9.62. The zero-order chi connectivity index (χ0) is 20.6. The van der Waals surface area contributed by atoms with Crippen LogP contribution in [0.5, 0.6) is 0 Å². The van der Waals surface area contributed by atoms with Crippen molar-refractivity contribution in [1.29, 1.82) is 0 Å². The van der Waals surface area contributed by atoms with E-state index >= 15 is 0 Å². The van der Waals surface area contributed by atoms with E-state index in [0.29, 0.717) is 0 Å². The number of amides is 1. The second-order valence-electron chi connectivity index (χ2n) is 5.88. The highest BCUT2D eigenvalue weighted by Gasteiger charge is 2.25. The lowest BCUT2D eigenvalue weighted by atomic mass is 9.90. The van der Waals surface area contributed by atoms with E-state index in [0.717, 1.165) is 18.2 Å². The second-order valence-corrected chi connectivity index (χ2v) is 7.85. The van der Waals surface area contributed by atoms with Gasteiger partial charge in [-0.25, -0.2) is 27.0 Å². The first-order valence-electron chi connectivity index (χ1n) is 7.69. The summed E-state index contributed by atoms with van der Waals surface area (Å²) in [5.41, 5.74) is 5.71.